The Hall–Kier alpha value is -1.19. The largest absolute Gasteiger partial charge is 0.497 e. The number of sulfonamides is 1. The lowest BCUT2D eigenvalue weighted by molar-refractivity contribution is 0.00519. The Bertz CT molecular complexity index is 914. The first-order valence-corrected chi connectivity index (χ1v) is 17.9. The minimum Gasteiger partial charge on any atom is -0.497 e. The Kier molecular flexibility index (Phi) is 9.42. The van der Waals surface area contributed by atoms with Crippen LogP contribution >= 0.6 is 0 Å². The number of methoxy groups -OCH3 is 1. The van der Waals surface area contributed by atoms with Crippen molar-refractivity contribution in [3.63, 3.8) is 0 Å². The number of benzene rings is 1. The molecule has 0 radical (unpaired) electrons. The molecule has 0 saturated carbocycles. The highest BCUT2D eigenvalue weighted by Crippen LogP contribution is 2.47. The van der Waals surface area contributed by atoms with Gasteiger partial charge < -0.3 is 15.2 Å². The predicted octanol–water partition coefficient (Wildman–Crippen LogP) is 4.50. The van der Waals surface area contributed by atoms with E-state index in [1.54, 1.807) is 11.4 Å². The van der Waals surface area contributed by atoms with E-state index in [-0.39, 0.29) is 11.2 Å². The van der Waals surface area contributed by atoms with E-state index in [9.17, 15) is 8.42 Å². The molecule has 1 saturated heterocycles. The highest BCUT2D eigenvalue weighted by molar-refractivity contribution is 7.89. The van der Waals surface area contributed by atoms with Crippen LogP contribution in [0.4, 0.5) is 0 Å². The number of allylic oxidation sites excluding steroid dienone is 2. The second-order valence-corrected chi connectivity index (χ2v) is 19.0. The van der Waals surface area contributed by atoms with Crippen LogP contribution in [0.2, 0.25) is 25.7 Å². The summed E-state index contributed by atoms with van der Waals surface area (Å²) in [4.78, 5) is 0. The van der Waals surface area contributed by atoms with Crippen LogP contribution in [-0.4, -0.2) is 59.9 Å². The Morgan fingerprint density at radius 1 is 1.15 bits per heavy atom. The van der Waals surface area contributed by atoms with Crippen LogP contribution in [-0.2, 0) is 21.4 Å². The molecule has 192 valence electrons. The minimum atomic E-state index is -3.28. The summed E-state index contributed by atoms with van der Waals surface area (Å²) in [5.74, 6) is 1.89. The van der Waals surface area contributed by atoms with E-state index < -0.39 is 18.1 Å². The van der Waals surface area contributed by atoms with Crippen molar-refractivity contribution in [2.45, 2.75) is 58.0 Å². The van der Waals surface area contributed by atoms with Crippen molar-refractivity contribution in [1.82, 2.24) is 4.31 Å². The van der Waals surface area contributed by atoms with Crippen molar-refractivity contribution in [2.24, 2.45) is 23.0 Å². The quantitative estimate of drug-likeness (QED) is 0.255. The summed E-state index contributed by atoms with van der Waals surface area (Å²) in [5.41, 5.74) is 7.36. The van der Waals surface area contributed by atoms with Gasteiger partial charge in [0, 0.05) is 27.8 Å². The van der Waals surface area contributed by atoms with Crippen molar-refractivity contribution < 1.29 is 17.9 Å². The first-order chi connectivity index (χ1) is 16.1. The summed E-state index contributed by atoms with van der Waals surface area (Å²) in [6, 6.07) is 8.72. The van der Waals surface area contributed by atoms with Crippen LogP contribution in [0.15, 0.2) is 36.4 Å². The summed E-state index contributed by atoms with van der Waals surface area (Å²) in [5, 5.41) is 0. The van der Waals surface area contributed by atoms with E-state index in [1.807, 2.05) is 24.3 Å². The van der Waals surface area contributed by atoms with Crippen molar-refractivity contribution in [3.05, 3.63) is 42.0 Å². The molecule has 0 unspecified atom stereocenters. The zero-order chi connectivity index (χ0) is 24.8. The van der Waals surface area contributed by atoms with Gasteiger partial charge in [-0.25, -0.2) is 12.7 Å². The monoisotopic (exact) mass is 508 g/mol. The summed E-state index contributed by atoms with van der Waals surface area (Å²) in [7, 11) is -3.05. The van der Waals surface area contributed by atoms with E-state index >= 15 is 0 Å². The highest BCUT2D eigenvalue weighted by Gasteiger charge is 2.49. The topological polar surface area (TPSA) is 81.9 Å². The third kappa shape index (κ3) is 7.16. The van der Waals surface area contributed by atoms with Gasteiger partial charge in [-0.3, -0.25) is 0 Å². The van der Waals surface area contributed by atoms with Gasteiger partial charge in [0.05, 0.1) is 19.5 Å². The lowest BCUT2D eigenvalue weighted by Crippen LogP contribution is -2.58. The number of rotatable bonds is 12. The third-order valence-electron chi connectivity index (χ3n) is 7.58. The first-order valence-electron chi connectivity index (χ1n) is 12.6. The van der Waals surface area contributed by atoms with Gasteiger partial charge in [-0.15, -0.1) is 0 Å². The van der Waals surface area contributed by atoms with Gasteiger partial charge in [0.15, 0.2) is 0 Å². The zero-order valence-electron chi connectivity index (χ0n) is 21.5. The van der Waals surface area contributed by atoms with E-state index in [0.717, 1.165) is 43.0 Å². The molecule has 2 aliphatic rings. The van der Waals surface area contributed by atoms with E-state index in [2.05, 4.69) is 31.8 Å². The first kappa shape index (κ1) is 27.4. The number of fused-ring (bicyclic) bond motifs is 1. The molecule has 1 heterocycles. The van der Waals surface area contributed by atoms with Crippen LogP contribution < -0.4 is 10.5 Å². The van der Waals surface area contributed by atoms with Crippen molar-refractivity contribution in [3.8, 4) is 5.75 Å². The van der Waals surface area contributed by atoms with Crippen LogP contribution in [0.1, 0.15) is 31.2 Å². The van der Waals surface area contributed by atoms with Gasteiger partial charge in [-0.2, -0.15) is 0 Å². The maximum Gasteiger partial charge on any atom is 0.213 e. The molecular formula is C26H44N2O4SSi. The van der Waals surface area contributed by atoms with Gasteiger partial charge in [0.1, 0.15) is 5.75 Å². The summed E-state index contributed by atoms with van der Waals surface area (Å²) >= 11 is 0. The molecule has 1 aromatic carbocycles. The fourth-order valence-electron chi connectivity index (χ4n) is 5.41. The van der Waals surface area contributed by atoms with Crippen molar-refractivity contribution in [2.75, 3.05) is 39.1 Å². The number of nitrogens with two attached hydrogens (primary N) is 1. The SMILES string of the molecule is COc1ccc(COCCC[C@]2(CN)CN(S(=O)(=O)CC[Si](C)(C)C)C[C@H]3CC=CC[C@H]32)cc1. The molecule has 34 heavy (non-hydrogen) atoms. The molecule has 0 amide bonds. The fourth-order valence-corrected chi connectivity index (χ4v) is 10.0. The summed E-state index contributed by atoms with van der Waals surface area (Å²) in [6.07, 6.45) is 8.20. The number of hydrogen-bond acceptors (Lipinski definition) is 5. The number of piperidine rings is 1. The fraction of sp³-hybridized carbons (Fsp3) is 0.692. The van der Waals surface area contributed by atoms with Crippen LogP contribution in [0.3, 0.4) is 0 Å². The predicted molar refractivity (Wildman–Crippen MR) is 142 cm³/mol. The van der Waals surface area contributed by atoms with E-state index in [0.29, 0.717) is 44.7 Å². The van der Waals surface area contributed by atoms with Crippen LogP contribution in [0.25, 0.3) is 0 Å². The molecule has 0 aromatic heterocycles. The highest BCUT2D eigenvalue weighted by atomic mass is 32.2. The zero-order valence-corrected chi connectivity index (χ0v) is 23.3. The molecule has 3 atom stereocenters. The lowest BCUT2D eigenvalue weighted by Gasteiger charge is -2.52. The lowest BCUT2D eigenvalue weighted by atomic mass is 9.61. The van der Waals surface area contributed by atoms with E-state index in [1.165, 1.54) is 0 Å². The molecule has 2 N–H and O–H groups in total. The Morgan fingerprint density at radius 3 is 2.50 bits per heavy atom. The average Bonchev–Trinajstić information content (AvgIpc) is 2.82. The molecule has 1 aliphatic heterocycles. The molecule has 3 rings (SSSR count). The van der Waals surface area contributed by atoms with Crippen LogP contribution in [0.5, 0.6) is 5.75 Å². The molecule has 6 nitrogen and oxygen atoms in total. The van der Waals surface area contributed by atoms with Gasteiger partial charge in [0.2, 0.25) is 10.0 Å². The maximum absolute atomic E-state index is 13.3. The van der Waals surface area contributed by atoms with Gasteiger partial charge in [0.25, 0.3) is 0 Å². The normalized spacial score (nSPS) is 25.8. The molecule has 0 bridgehead atoms. The molecule has 1 aliphatic carbocycles. The summed E-state index contributed by atoms with van der Waals surface area (Å²) < 4.78 is 39.6. The van der Waals surface area contributed by atoms with Crippen LogP contribution in [0, 0.1) is 17.3 Å². The standard InChI is InChI=1S/C26H44N2O4SSi/c1-31-24-12-10-22(11-13-24)19-32-15-7-14-26(20-27)21-28(18-23-8-5-6-9-25(23)26)33(29,30)16-17-34(2,3)4/h5-6,10-13,23,25H,7-9,14-21,27H2,1-4H3/t23-,25-,26+/m1/s1. The second-order valence-electron chi connectivity index (χ2n) is 11.3. The Balaban J connectivity index is 1.63. The minimum absolute atomic E-state index is 0.191. The van der Waals surface area contributed by atoms with Crippen molar-refractivity contribution >= 4 is 18.1 Å². The molecular weight excluding hydrogens is 464 g/mol. The van der Waals surface area contributed by atoms with Gasteiger partial charge >= 0.3 is 0 Å². The number of ether oxygens (including phenoxy) is 2. The molecule has 8 heteroatoms. The molecule has 1 fully saturated rings. The smallest absolute Gasteiger partial charge is 0.213 e. The second kappa shape index (κ2) is 11.7. The number of hydrogen-bond donors (Lipinski definition) is 1. The average molecular weight is 509 g/mol. The molecule has 1 aromatic rings. The van der Waals surface area contributed by atoms with E-state index in [4.69, 9.17) is 15.2 Å². The summed E-state index contributed by atoms with van der Waals surface area (Å²) in [6.45, 7) is 9.60. The Morgan fingerprint density at radius 2 is 1.85 bits per heavy atom. The van der Waals surface area contributed by atoms with Gasteiger partial charge in [-0.1, -0.05) is 43.9 Å². The maximum atomic E-state index is 13.3. The Labute approximate surface area is 207 Å². The van der Waals surface area contributed by atoms with Crippen molar-refractivity contribution in [1.29, 1.82) is 0 Å². The van der Waals surface area contributed by atoms with Gasteiger partial charge in [-0.05, 0) is 73.2 Å². The molecule has 0 spiro atoms. The third-order valence-corrected chi connectivity index (χ3v) is 11.5. The number of nitrogens with zero attached hydrogens (tertiary/aromatic N) is 1.